The van der Waals surface area contributed by atoms with E-state index in [1.165, 1.54) is 0 Å². The van der Waals surface area contributed by atoms with Gasteiger partial charge in [0.25, 0.3) is 0 Å². The van der Waals surface area contributed by atoms with Crippen LogP contribution in [0.2, 0.25) is 0 Å². The Morgan fingerprint density at radius 1 is 1.48 bits per heavy atom. The molecule has 1 atom stereocenters. The topological polar surface area (TPSA) is 95.1 Å². The van der Waals surface area contributed by atoms with Crippen LogP contribution in [0, 0.1) is 11.3 Å². The van der Waals surface area contributed by atoms with Crippen LogP contribution in [0.4, 0.5) is 0 Å². The van der Waals surface area contributed by atoms with E-state index in [-0.39, 0.29) is 18.5 Å². The predicted octanol–water partition coefficient (Wildman–Crippen LogP) is 1.72. The molecule has 23 heavy (non-hydrogen) atoms. The van der Waals surface area contributed by atoms with Gasteiger partial charge in [-0.3, -0.25) is 9.69 Å². The summed E-state index contributed by atoms with van der Waals surface area (Å²) in [6, 6.07) is 2.33. The van der Waals surface area contributed by atoms with E-state index in [9.17, 15) is 10.1 Å². The third kappa shape index (κ3) is 3.37. The summed E-state index contributed by atoms with van der Waals surface area (Å²) in [6.07, 6.45) is 6.17. The Morgan fingerprint density at radius 3 is 2.91 bits per heavy atom. The Bertz CT molecular complexity index is 600. The Morgan fingerprint density at radius 2 is 2.26 bits per heavy atom. The molecule has 0 spiro atoms. The van der Waals surface area contributed by atoms with Crippen LogP contribution in [-0.2, 0) is 11.2 Å². The number of hydrogen-bond acceptors (Lipinski definition) is 6. The predicted molar refractivity (Wildman–Crippen MR) is 82.2 cm³/mol. The highest BCUT2D eigenvalue weighted by atomic mass is 16.5. The van der Waals surface area contributed by atoms with Gasteiger partial charge in [-0.05, 0) is 45.1 Å². The molecule has 1 aromatic heterocycles. The molecule has 7 nitrogen and oxygen atoms in total. The largest absolute Gasteiger partial charge is 0.339 e. The zero-order valence-electron chi connectivity index (χ0n) is 13.5. The molecular formula is C16H23N5O2. The van der Waals surface area contributed by atoms with Crippen LogP contribution >= 0.6 is 0 Å². The van der Waals surface area contributed by atoms with Crippen LogP contribution < -0.4 is 5.32 Å². The lowest BCUT2D eigenvalue weighted by Crippen LogP contribution is -2.49. The maximum absolute atomic E-state index is 12.4. The SMILES string of the molecule is CCc1nc(C2CCCN2CC(=O)NC2(C#N)CCCC2)no1. The second-order valence-corrected chi connectivity index (χ2v) is 6.48. The first kappa shape index (κ1) is 15.9. The molecule has 1 aromatic rings. The van der Waals surface area contributed by atoms with E-state index in [0.29, 0.717) is 18.1 Å². The van der Waals surface area contributed by atoms with Gasteiger partial charge in [-0.2, -0.15) is 10.2 Å². The molecule has 0 bridgehead atoms. The quantitative estimate of drug-likeness (QED) is 0.888. The minimum Gasteiger partial charge on any atom is -0.339 e. The summed E-state index contributed by atoms with van der Waals surface area (Å²) in [5.41, 5.74) is -0.659. The summed E-state index contributed by atoms with van der Waals surface area (Å²) >= 11 is 0. The van der Waals surface area contributed by atoms with Crippen molar-refractivity contribution in [1.82, 2.24) is 20.4 Å². The molecule has 0 aromatic carbocycles. The highest BCUT2D eigenvalue weighted by Gasteiger charge is 2.37. The molecular weight excluding hydrogens is 294 g/mol. The number of aryl methyl sites for hydroxylation is 1. The van der Waals surface area contributed by atoms with E-state index in [4.69, 9.17) is 4.52 Å². The van der Waals surface area contributed by atoms with E-state index in [2.05, 4.69) is 26.4 Å². The Balaban J connectivity index is 1.62. The molecule has 1 aliphatic carbocycles. The van der Waals surface area contributed by atoms with Crippen LogP contribution in [0.5, 0.6) is 0 Å². The summed E-state index contributed by atoms with van der Waals surface area (Å²) in [5, 5.41) is 16.4. The molecule has 1 saturated carbocycles. The second-order valence-electron chi connectivity index (χ2n) is 6.48. The van der Waals surface area contributed by atoms with Gasteiger partial charge in [0, 0.05) is 6.42 Å². The molecule has 2 aliphatic rings. The number of aromatic nitrogens is 2. The van der Waals surface area contributed by atoms with E-state index in [0.717, 1.165) is 45.1 Å². The normalized spacial score (nSPS) is 23.7. The number of nitrogens with zero attached hydrogens (tertiary/aromatic N) is 4. The van der Waals surface area contributed by atoms with Crippen molar-refractivity contribution in [1.29, 1.82) is 5.26 Å². The van der Waals surface area contributed by atoms with E-state index >= 15 is 0 Å². The fourth-order valence-electron chi connectivity index (χ4n) is 3.59. The fraction of sp³-hybridized carbons (Fsp3) is 0.750. The van der Waals surface area contributed by atoms with Crippen molar-refractivity contribution in [3.63, 3.8) is 0 Å². The van der Waals surface area contributed by atoms with Crippen molar-refractivity contribution in [2.45, 2.75) is 63.5 Å². The minimum atomic E-state index is -0.659. The molecule has 0 radical (unpaired) electrons. The molecule has 3 rings (SSSR count). The summed E-state index contributed by atoms with van der Waals surface area (Å²) in [6.45, 7) is 3.10. The standard InChI is InChI=1S/C16H23N5O2/c1-2-14-18-15(20-23-14)12-6-5-9-21(12)10-13(22)19-16(11-17)7-3-4-8-16/h12H,2-10H2,1H3,(H,19,22). The molecule has 1 aliphatic heterocycles. The number of rotatable bonds is 5. The van der Waals surface area contributed by atoms with Crippen molar-refractivity contribution in [2.75, 3.05) is 13.1 Å². The van der Waals surface area contributed by atoms with Crippen LogP contribution in [0.15, 0.2) is 4.52 Å². The van der Waals surface area contributed by atoms with Crippen LogP contribution in [0.3, 0.4) is 0 Å². The maximum atomic E-state index is 12.4. The van der Waals surface area contributed by atoms with Crippen LogP contribution in [0.1, 0.15) is 63.2 Å². The highest BCUT2D eigenvalue weighted by molar-refractivity contribution is 5.79. The van der Waals surface area contributed by atoms with Crippen molar-refractivity contribution in [2.24, 2.45) is 0 Å². The lowest BCUT2D eigenvalue weighted by Gasteiger charge is -2.26. The number of nitriles is 1. The molecule has 124 valence electrons. The monoisotopic (exact) mass is 317 g/mol. The zero-order chi connectivity index (χ0) is 16.3. The summed E-state index contributed by atoms with van der Waals surface area (Å²) < 4.78 is 5.19. The number of amides is 1. The van der Waals surface area contributed by atoms with Crippen LogP contribution in [-0.4, -0.2) is 39.6 Å². The van der Waals surface area contributed by atoms with Crippen molar-refractivity contribution >= 4 is 5.91 Å². The lowest BCUT2D eigenvalue weighted by molar-refractivity contribution is -0.123. The number of likely N-dealkylation sites (tertiary alicyclic amines) is 1. The molecule has 1 amide bonds. The molecule has 7 heteroatoms. The Labute approximate surface area is 136 Å². The first-order valence-electron chi connectivity index (χ1n) is 8.44. The third-order valence-electron chi connectivity index (χ3n) is 4.84. The van der Waals surface area contributed by atoms with Gasteiger partial charge in [-0.1, -0.05) is 12.1 Å². The number of nitrogens with one attached hydrogen (secondary N) is 1. The fourth-order valence-corrected chi connectivity index (χ4v) is 3.59. The van der Waals surface area contributed by atoms with Gasteiger partial charge >= 0.3 is 0 Å². The Hall–Kier alpha value is -1.94. The van der Waals surface area contributed by atoms with E-state index < -0.39 is 5.54 Å². The first-order valence-corrected chi connectivity index (χ1v) is 8.44. The lowest BCUT2D eigenvalue weighted by atomic mass is 10.00. The average molecular weight is 317 g/mol. The summed E-state index contributed by atoms with van der Waals surface area (Å²) in [5.74, 6) is 1.22. The second kappa shape index (κ2) is 6.67. The van der Waals surface area contributed by atoms with Gasteiger partial charge in [-0.15, -0.1) is 0 Å². The average Bonchev–Trinajstić information content (AvgIpc) is 3.27. The van der Waals surface area contributed by atoms with Crippen molar-refractivity contribution in [3.05, 3.63) is 11.7 Å². The van der Waals surface area contributed by atoms with Gasteiger partial charge in [0.1, 0.15) is 5.54 Å². The van der Waals surface area contributed by atoms with E-state index in [1.807, 2.05) is 6.92 Å². The Kier molecular flexibility index (Phi) is 4.62. The van der Waals surface area contributed by atoms with E-state index in [1.54, 1.807) is 0 Å². The third-order valence-corrected chi connectivity index (χ3v) is 4.84. The summed E-state index contributed by atoms with van der Waals surface area (Å²) in [4.78, 5) is 18.9. The van der Waals surface area contributed by atoms with Crippen molar-refractivity contribution < 1.29 is 9.32 Å². The van der Waals surface area contributed by atoms with Crippen molar-refractivity contribution in [3.8, 4) is 6.07 Å². The molecule has 1 unspecified atom stereocenters. The smallest absolute Gasteiger partial charge is 0.235 e. The number of carbonyl (C=O) groups is 1. The van der Waals surface area contributed by atoms with Gasteiger partial charge in [-0.25, -0.2) is 0 Å². The number of hydrogen-bond donors (Lipinski definition) is 1. The van der Waals surface area contributed by atoms with Gasteiger partial charge < -0.3 is 9.84 Å². The molecule has 1 saturated heterocycles. The van der Waals surface area contributed by atoms with Gasteiger partial charge in [0.05, 0.1) is 18.7 Å². The minimum absolute atomic E-state index is 0.0337. The molecule has 1 N–H and O–H groups in total. The highest BCUT2D eigenvalue weighted by Crippen LogP contribution is 2.31. The maximum Gasteiger partial charge on any atom is 0.235 e. The van der Waals surface area contributed by atoms with Gasteiger partial charge in [0.2, 0.25) is 11.8 Å². The van der Waals surface area contributed by atoms with Crippen LogP contribution in [0.25, 0.3) is 0 Å². The number of carbonyl (C=O) groups excluding carboxylic acids is 1. The zero-order valence-corrected chi connectivity index (χ0v) is 13.5. The van der Waals surface area contributed by atoms with Gasteiger partial charge in [0.15, 0.2) is 5.82 Å². The molecule has 2 fully saturated rings. The molecule has 2 heterocycles. The summed E-state index contributed by atoms with van der Waals surface area (Å²) in [7, 11) is 0. The first-order chi connectivity index (χ1) is 11.2.